The van der Waals surface area contributed by atoms with Gasteiger partial charge in [0.25, 0.3) is 0 Å². The molecule has 0 atom stereocenters. The van der Waals surface area contributed by atoms with Crippen molar-refractivity contribution in [2.45, 2.75) is 13.3 Å². The van der Waals surface area contributed by atoms with Gasteiger partial charge in [0.05, 0.1) is 5.69 Å². The number of ether oxygens (including phenoxy) is 2. The summed E-state index contributed by atoms with van der Waals surface area (Å²) in [5, 5.41) is 8.99. The summed E-state index contributed by atoms with van der Waals surface area (Å²) >= 11 is 1.56. The van der Waals surface area contributed by atoms with Crippen LogP contribution in [0.3, 0.4) is 0 Å². The molecule has 1 aliphatic heterocycles. The number of carbonyl (C=O) groups excluding carboxylic acids is 1. The third kappa shape index (κ3) is 4.43. The minimum atomic E-state index is -0.00265. The molecular formula is C21H21N3O3S. The van der Waals surface area contributed by atoms with Crippen molar-refractivity contribution in [3.05, 3.63) is 53.4 Å². The van der Waals surface area contributed by atoms with Crippen LogP contribution in [0.15, 0.2) is 47.8 Å². The number of nitrogens with one attached hydrogen (secondary N) is 2. The second kappa shape index (κ2) is 8.31. The molecule has 2 aromatic carbocycles. The number of thiazole rings is 1. The van der Waals surface area contributed by atoms with E-state index in [1.807, 2.05) is 23.6 Å². The number of rotatable bonds is 6. The molecule has 0 spiro atoms. The summed E-state index contributed by atoms with van der Waals surface area (Å²) in [5.74, 6) is 1.52. The molecule has 0 bridgehead atoms. The van der Waals surface area contributed by atoms with Crippen molar-refractivity contribution in [1.29, 1.82) is 0 Å². The third-order valence-corrected chi connectivity index (χ3v) is 5.09. The highest BCUT2D eigenvalue weighted by Crippen LogP contribution is 2.34. The fourth-order valence-electron chi connectivity index (χ4n) is 2.93. The Morgan fingerprint density at radius 1 is 1.11 bits per heavy atom. The van der Waals surface area contributed by atoms with E-state index < -0.39 is 0 Å². The van der Waals surface area contributed by atoms with E-state index in [-0.39, 0.29) is 5.91 Å². The Hall–Kier alpha value is -3.06. The van der Waals surface area contributed by atoms with Crippen molar-refractivity contribution in [2.75, 3.05) is 25.1 Å². The Morgan fingerprint density at radius 3 is 2.68 bits per heavy atom. The lowest BCUT2D eigenvalue weighted by Crippen LogP contribution is -2.22. The maximum Gasteiger partial charge on any atom is 0.216 e. The maximum absolute atomic E-state index is 10.9. The number of carbonyl (C=O) groups is 1. The van der Waals surface area contributed by atoms with Gasteiger partial charge in [0.2, 0.25) is 5.91 Å². The highest BCUT2D eigenvalue weighted by molar-refractivity contribution is 7.14. The Morgan fingerprint density at radius 2 is 1.89 bits per heavy atom. The van der Waals surface area contributed by atoms with Crippen molar-refractivity contribution in [3.63, 3.8) is 0 Å². The van der Waals surface area contributed by atoms with E-state index in [2.05, 4.69) is 39.9 Å². The van der Waals surface area contributed by atoms with Crippen molar-refractivity contribution in [1.82, 2.24) is 10.3 Å². The molecular weight excluding hydrogens is 374 g/mol. The fourth-order valence-corrected chi connectivity index (χ4v) is 3.67. The van der Waals surface area contributed by atoms with Crippen LogP contribution in [0.1, 0.15) is 12.5 Å². The number of fused-ring (bicyclic) bond motifs is 1. The zero-order valence-electron chi connectivity index (χ0n) is 15.5. The van der Waals surface area contributed by atoms with Crippen LogP contribution in [0.4, 0.5) is 10.8 Å². The smallest absolute Gasteiger partial charge is 0.216 e. The summed E-state index contributed by atoms with van der Waals surface area (Å²) in [6.45, 7) is 3.33. The van der Waals surface area contributed by atoms with Crippen LogP contribution in [0.25, 0.3) is 11.3 Å². The zero-order valence-corrected chi connectivity index (χ0v) is 16.3. The Kier molecular flexibility index (Phi) is 5.43. The van der Waals surface area contributed by atoms with Gasteiger partial charge in [-0.15, -0.1) is 11.3 Å². The number of hydrogen-bond donors (Lipinski definition) is 2. The predicted octanol–water partition coefficient (Wildman–Crippen LogP) is 4.00. The average Bonchev–Trinajstić information content (AvgIpc) is 3.16. The van der Waals surface area contributed by atoms with Gasteiger partial charge in [0, 0.05) is 36.2 Å². The summed E-state index contributed by atoms with van der Waals surface area (Å²) in [5.41, 5.74) is 4.09. The topological polar surface area (TPSA) is 72.5 Å². The summed E-state index contributed by atoms with van der Waals surface area (Å²) in [6.07, 6.45) is 0.813. The van der Waals surface area contributed by atoms with Crippen LogP contribution in [0.2, 0.25) is 0 Å². The first-order valence-electron chi connectivity index (χ1n) is 9.13. The molecule has 0 fully saturated rings. The van der Waals surface area contributed by atoms with Gasteiger partial charge in [0.1, 0.15) is 13.2 Å². The first-order valence-corrected chi connectivity index (χ1v) is 10.0. The van der Waals surface area contributed by atoms with Crippen LogP contribution in [0, 0.1) is 0 Å². The fraction of sp³-hybridized carbons (Fsp3) is 0.238. The monoisotopic (exact) mass is 395 g/mol. The van der Waals surface area contributed by atoms with E-state index in [9.17, 15) is 4.79 Å². The first-order chi connectivity index (χ1) is 13.7. The van der Waals surface area contributed by atoms with E-state index in [0.717, 1.165) is 40.0 Å². The zero-order chi connectivity index (χ0) is 19.3. The lowest BCUT2D eigenvalue weighted by Gasteiger charge is -2.18. The van der Waals surface area contributed by atoms with Crippen molar-refractivity contribution in [2.24, 2.45) is 0 Å². The van der Waals surface area contributed by atoms with E-state index in [1.54, 1.807) is 11.3 Å². The predicted molar refractivity (Wildman–Crippen MR) is 111 cm³/mol. The Labute approximate surface area is 167 Å². The Balaban J connectivity index is 1.40. The molecule has 4 rings (SSSR count). The molecule has 7 heteroatoms. The summed E-state index contributed by atoms with van der Waals surface area (Å²) in [4.78, 5) is 15.6. The molecule has 1 aromatic heterocycles. The van der Waals surface area contributed by atoms with Gasteiger partial charge >= 0.3 is 0 Å². The van der Waals surface area contributed by atoms with Crippen LogP contribution in [0.5, 0.6) is 11.5 Å². The van der Waals surface area contributed by atoms with Crippen molar-refractivity contribution in [3.8, 4) is 22.8 Å². The summed E-state index contributed by atoms with van der Waals surface area (Å²) in [7, 11) is 0. The average molecular weight is 395 g/mol. The minimum absolute atomic E-state index is 0.00265. The van der Waals surface area contributed by atoms with Crippen molar-refractivity contribution < 1.29 is 14.3 Å². The number of benzene rings is 2. The van der Waals surface area contributed by atoms with Gasteiger partial charge in [-0.3, -0.25) is 4.79 Å². The maximum atomic E-state index is 10.9. The molecule has 2 N–H and O–H groups in total. The van der Waals surface area contributed by atoms with E-state index >= 15 is 0 Å². The lowest BCUT2D eigenvalue weighted by atomic mass is 10.1. The van der Waals surface area contributed by atoms with Crippen molar-refractivity contribution >= 4 is 28.1 Å². The Bertz CT molecular complexity index is 969. The van der Waals surface area contributed by atoms with Crippen LogP contribution in [-0.4, -0.2) is 30.6 Å². The van der Waals surface area contributed by atoms with Crippen LogP contribution >= 0.6 is 11.3 Å². The number of nitrogens with zero attached hydrogens (tertiary/aromatic N) is 1. The van der Waals surface area contributed by atoms with Gasteiger partial charge in [0.15, 0.2) is 16.6 Å². The second-order valence-electron chi connectivity index (χ2n) is 6.45. The molecule has 1 amide bonds. The number of anilines is 2. The molecule has 28 heavy (non-hydrogen) atoms. The first kappa shape index (κ1) is 18.3. The highest BCUT2D eigenvalue weighted by Gasteiger charge is 2.12. The quantitative estimate of drug-likeness (QED) is 0.660. The molecule has 6 nitrogen and oxygen atoms in total. The molecule has 0 saturated carbocycles. The summed E-state index contributed by atoms with van der Waals surface area (Å²) in [6, 6.07) is 14.1. The molecule has 0 saturated heterocycles. The van der Waals surface area contributed by atoms with Gasteiger partial charge in [-0.2, -0.15) is 0 Å². The molecule has 0 aliphatic carbocycles. The van der Waals surface area contributed by atoms with Gasteiger partial charge in [-0.1, -0.05) is 24.3 Å². The van der Waals surface area contributed by atoms with Gasteiger partial charge in [-0.05, 0) is 24.1 Å². The number of amides is 1. The number of hydrogen-bond acceptors (Lipinski definition) is 6. The third-order valence-electron chi connectivity index (χ3n) is 4.33. The normalized spacial score (nSPS) is 12.5. The molecule has 0 unspecified atom stereocenters. The second-order valence-corrected chi connectivity index (χ2v) is 7.31. The largest absolute Gasteiger partial charge is 0.486 e. The highest BCUT2D eigenvalue weighted by atomic mass is 32.1. The van der Waals surface area contributed by atoms with E-state index in [4.69, 9.17) is 9.47 Å². The van der Waals surface area contributed by atoms with Gasteiger partial charge in [-0.25, -0.2) is 4.98 Å². The van der Waals surface area contributed by atoms with Crippen LogP contribution < -0.4 is 20.1 Å². The van der Waals surface area contributed by atoms with E-state index in [1.165, 1.54) is 12.5 Å². The molecule has 144 valence electrons. The minimum Gasteiger partial charge on any atom is -0.486 e. The molecule has 1 aliphatic rings. The lowest BCUT2D eigenvalue weighted by molar-refractivity contribution is -0.118. The standard InChI is InChI=1S/C21H21N3O3S/c1-14(25)22-9-8-15-2-4-16(5-3-15)18-13-28-21(24-18)23-17-6-7-19-20(12-17)27-11-10-26-19/h2-7,12-13H,8-11H2,1H3,(H,22,25)(H,23,24). The van der Waals surface area contributed by atoms with Gasteiger partial charge < -0.3 is 20.1 Å². The molecule has 3 aromatic rings. The SMILES string of the molecule is CC(=O)NCCc1ccc(-c2csc(Nc3ccc4c(c3)OCCO4)n2)cc1. The summed E-state index contributed by atoms with van der Waals surface area (Å²) < 4.78 is 11.2. The van der Waals surface area contributed by atoms with E-state index in [0.29, 0.717) is 19.8 Å². The molecule has 2 heterocycles. The number of aromatic nitrogens is 1. The van der Waals surface area contributed by atoms with Crippen LogP contribution in [-0.2, 0) is 11.2 Å². The molecule has 0 radical (unpaired) electrons.